The lowest BCUT2D eigenvalue weighted by atomic mass is 10.3. The lowest BCUT2D eigenvalue weighted by Crippen LogP contribution is -2.19. The second-order valence-electron chi connectivity index (χ2n) is 3.57. The summed E-state index contributed by atoms with van der Waals surface area (Å²) in [6.45, 7) is 0. The molecule has 0 spiro atoms. The summed E-state index contributed by atoms with van der Waals surface area (Å²) in [5.74, 6) is -0.395. The number of halogens is 2. The van der Waals surface area contributed by atoms with Gasteiger partial charge in [-0.3, -0.25) is 0 Å². The van der Waals surface area contributed by atoms with Crippen molar-refractivity contribution in [1.82, 2.24) is 0 Å². The van der Waals surface area contributed by atoms with Crippen LogP contribution in [-0.4, -0.2) is 6.03 Å². The summed E-state index contributed by atoms with van der Waals surface area (Å²) in [7, 11) is 0. The highest BCUT2D eigenvalue weighted by Crippen LogP contribution is 2.21. The van der Waals surface area contributed by atoms with Gasteiger partial charge in [0.25, 0.3) is 0 Å². The highest BCUT2D eigenvalue weighted by atomic mass is 79.9. The highest BCUT2D eigenvalue weighted by Gasteiger charge is 2.05. The first-order valence-corrected chi connectivity index (χ1v) is 6.02. The smallest absolute Gasteiger partial charge is 0.308 e. The van der Waals surface area contributed by atoms with Crippen molar-refractivity contribution in [3.63, 3.8) is 0 Å². The van der Waals surface area contributed by atoms with Gasteiger partial charge in [0, 0.05) is 10.2 Å². The van der Waals surface area contributed by atoms with Crippen LogP contribution in [0.5, 0.6) is 0 Å². The topological polar surface area (TPSA) is 41.1 Å². The zero-order valence-electron chi connectivity index (χ0n) is 9.28. The molecule has 0 unspecified atom stereocenters. The Morgan fingerprint density at radius 1 is 1.06 bits per heavy atom. The Balaban J connectivity index is 2.03. The van der Waals surface area contributed by atoms with Crippen LogP contribution < -0.4 is 10.6 Å². The molecule has 0 saturated heterocycles. The van der Waals surface area contributed by atoms with Gasteiger partial charge in [0.2, 0.25) is 0 Å². The van der Waals surface area contributed by atoms with E-state index in [1.807, 2.05) is 18.2 Å². The predicted octanol–water partition coefficient (Wildman–Crippen LogP) is 4.23. The quantitative estimate of drug-likeness (QED) is 0.856. The molecule has 18 heavy (non-hydrogen) atoms. The molecule has 92 valence electrons. The molecule has 2 N–H and O–H groups in total. The van der Waals surface area contributed by atoms with Gasteiger partial charge in [-0.05, 0) is 46.3 Å². The third kappa shape index (κ3) is 3.30. The average Bonchev–Trinajstić information content (AvgIpc) is 2.32. The number of amides is 2. The molecule has 5 heteroatoms. The maximum absolute atomic E-state index is 12.9. The summed E-state index contributed by atoms with van der Waals surface area (Å²) < 4.78 is 13.7. The Labute approximate surface area is 112 Å². The minimum absolute atomic E-state index is 0.395. The van der Waals surface area contributed by atoms with Crippen molar-refractivity contribution >= 4 is 33.3 Å². The van der Waals surface area contributed by atoms with E-state index >= 15 is 0 Å². The largest absolute Gasteiger partial charge is 0.323 e. The van der Waals surface area contributed by atoms with Crippen molar-refractivity contribution in [2.75, 3.05) is 10.6 Å². The summed E-state index contributed by atoms with van der Waals surface area (Å²) in [6, 6.07) is 12.5. The number of benzene rings is 2. The van der Waals surface area contributed by atoms with Gasteiger partial charge in [-0.15, -0.1) is 0 Å². The van der Waals surface area contributed by atoms with E-state index in [4.69, 9.17) is 0 Å². The molecule has 0 radical (unpaired) electrons. The summed E-state index contributed by atoms with van der Waals surface area (Å²) in [5, 5.41) is 5.21. The first-order chi connectivity index (χ1) is 8.65. The maximum Gasteiger partial charge on any atom is 0.323 e. The molecule has 2 amide bonds. The fourth-order valence-electron chi connectivity index (χ4n) is 1.41. The molecular weight excluding hydrogens is 299 g/mol. The van der Waals surface area contributed by atoms with Gasteiger partial charge in [-0.2, -0.15) is 0 Å². The van der Waals surface area contributed by atoms with E-state index in [2.05, 4.69) is 26.6 Å². The number of urea groups is 1. The third-order valence-corrected chi connectivity index (χ3v) is 2.90. The van der Waals surface area contributed by atoms with Crippen molar-refractivity contribution in [2.24, 2.45) is 0 Å². The van der Waals surface area contributed by atoms with Gasteiger partial charge in [0.15, 0.2) is 0 Å². The van der Waals surface area contributed by atoms with E-state index in [9.17, 15) is 9.18 Å². The second-order valence-corrected chi connectivity index (χ2v) is 4.42. The molecule has 0 bridgehead atoms. The molecule has 0 aromatic heterocycles. The molecule has 0 fully saturated rings. The molecule has 3 nitrogen and oxygen atoms in total. The molecule has 0 aliphatic carbocycles. The van der Waals surface area contributed by atoms with Crippen LogP contribution in [0, 0.1) is 5.82 Å². The molecule has 0 saturated carbocycles. The Kier molecular flexibility index (Phi) is 3.94. The summed E-state index contributed by atoms with van der Waals surface area (Å²) >= 11 is 3.32. The number of carbonyl (C=O) groups excluding carboxylic acids is 1. The van der Waals surface area contributed by atoms with Crippen molar-refractivity contribution in [2.45, 2.75) is 0 Å². The van der Waals surface area contributed by atoms with Crippen LogP contribution in [0.15, 0.2) is 53.0 Å². The van der Waals surface area contributed by atoms with Gasteiger partial charge in [-0.25, -0.2) is 9.18 Å². The maximum atomic E-state index is 12.9. The Morgan fingerprint density at radius 2 is 1.83 bits per heavy atom. The Bertz CT molecular complexity index is 574. The molecule has 0 aliphatic rings. The zero-order valence-corrected chi connectivity index (χ0v) is 10.9. The SMILES string of the molecule is O=C(Nc1cccc(F)c1)Nc1ccccc1Br. The van der Waals surface area contributed by atoms with Crippen LogP contribution >= 0.6 is 15.9 Å². The zero-order chi connectivity index (χ0) is 13.0. The normalized spacial score (nSPS) is 9.89. The Hall–Kier alpha value is -1.88. The first kappa shape index (κ1) is 12.6. The monoisotopic (exact) mass is 308 g/mol. The third-order valence-electron chi connectivity index (χ3n) is 2.20. The van der Waals surface area contributed by atoms with Crippen molar-refractivity contribution in [3.05, 3.63) is 58.8 Å². The number of carbonyl (C=O) groups is 1. The van der Waals surface area contributed by atoms with E-state index in [-0.39, 0.29) is 0 Å². The van der Waals surface area contributed by atoms with E-state index in [1.54, 1.807) is 12.1 Å². The number of para-hydroxylation sites is 1. The lowest BCUT2D eigenvalue weighted by molar-refractivity contribution is 0.262. The molecule has 2 rings (SSSR count). The lowest BCUT2D eigenvalue weighted by Gasteiger charge is -2.08. The second kappa shape index (κ2) is 5.64. The minimum Gasteiger partial charge on any atom is -0.308 e. The number of hydrogen-bond donors (Lipinski definition) is 2. The van der Waals surface area contributed by atoms with Gasteiger partial charge >= 0.3 is 6.03 Å². The molecular formula is C13H10BrFN2O. The van der Waals surface area contributed by atoms with Gasteiger partial charge in [0.1, 0.15) is 5.82 Å². The summed E-state index contributed by atoms with van der Waals surface area (Å²) in [5.41, 5.74) is 1.05. The standard InChI is InChI=1S/C13H10BrFN2O/c14-11-6-1-2-7-12(11)17-13(18)16-10-5-3-4-9(15)8-10/h1-8H,(H2,16,17,18). The van der Waals surface area contributed by atoms with E-state index in [0.29, 0.717) is 11.4 Å². The van der Waals surface area contributed by atoms with Crippen molar-refractivity contribution in [1.29, 1.82) is 0 Å². The molecule has 0 atom stereocenters. The Morgan fingerprint density at radius 3 is 2.56 bits per heavy atom. The average molecular weight is 309 g/mol. The molecule has 2 aromatic rings. The van der Waals surface area contributed by atoms with Crippen molar-refractivity contribution < 1.29 is 9.18 Å². The molecule has 2 aromatic carbocycles. The van der Waals surface area contributed by atoms with Crippen LogP contribution in [0.3, 0.4) is 0 Å². The first-order valence-electron chi connectivity index (χ1n) is 5.23. The predicted molar refractivity (Wildman–Crippen MR) is 73.2 cm³/mol. The number of rotatable bonds is 2. The van der Waals surface area contributed by atoms with Gasteiger partial charge in [0.05, 0.1) is 5.69 Å². The van der Waals surface area contributed by atoms with Gasteiger partial charge in [-0.1, -0.05) is 18.2 Å². The highest BCUT2D eigenvalue weighted by molar-refractivity contribution is 9.10. The minimum atomic E-state index is -0.424. The van der Waals surface area contributed by atoms with E-state index < -0.39 is 11.8 Å². The number of nitrogens with one attached hydrogen (secondary N) is 2. The fraction of sp³-hybridized carbons (Fsp3) is 0. The molecule has 0 aliphatic heterocycles. The van der Waals surface area contributed by atoms with E-state index in [0.717, 1.165) is 4.47 Å². The number of hydrogen-bond acceptors (Lipinski definition) is 1. The van der Waals surface area contributed by atoms with Gasteiger partial charge < -0.3 is 10.6 Å². The van der Waals surface area contributed by atoms with Crippen LogP contribution in [0.4, 0.5) is 20.6 Å². The van der Waals surface area contributed by atoms with Crippen LogP contribution in [0.25, 0.3) is 0 Å². The van der Waals surface area contributed by atoms with Crippen LogP contribution in [0.1, 0.15) is 0 Å². The van der Waals surface area contributed by atoms with Crippen LogP contribution in [0.2, 0.25) is 0 Å². The number of anilines is 2. The summed E-state index contributed by atoms with van der Waals surface area (Å²) in [4.78, 5) is 11.7. The fourth-order valence-corrected chi connectivity index (χ4v) is 1.80. The van der Waals surface area contributed by atoms with E-state index in [1.165, 1.54) is 18.2 Å². The van der Waals surface area contributed by atoms with Crippen LogP contribution in [-0.2, 0) is 0 Å². The molecule has 0 heterocycles. The summed E-state index contributed by atoms with van der Waals surface area (Å²) in [6.07, 6.45) is 0. The van der Waals surface area contributed by atoms with Crippen molar-refractivity contribution in [3.8, 4) is 0 Å².